The normalized spacial score (nSPS) is 10.2. The predicted octanol–water partition coefficient (Wildman–Crippen LogP) is 2.47. The number of halogens is 1. The van der Waals surface area contributed by atoms with Gasteiger partial charge >= 0.3 is 0 Å². The molecule has 3 aromatic rings. The Hall–Kier alpha value is -1.90. The van der Waals surface area contributed by atoms with E-state index in [1.54, 1.807) is 12.4 Å². The van der Waals surface area contributed by atoms with Crippen molar-refractivity contribution in [3.63, 3.8) is 0 Å². The van der Waals surface area contributed by atoms with Gasteiger partial charge in [-0.3, -0.25) is 5.10 Å². The molecule has 82 valence electrons. The van der Waals surface area contributed by atoms with Crippen LogP contribution in [0.15, 0.2) is 24.8 Å². The summed E-state index contributed by atoms with van der Waals surface area (Å²) < 4.78 is 0.866. The van der Waals surface area contributed by atoms with Crippen molar-refractivity contribution in [1.82, 2.24) is 20.2 Å². The Morgan fingerprint density at radius 3 is 3.00 bits per heavy atom. The molecule has 0 atom stereocenters. The molecule has 3 aromatic heterocycles. The number of hydrogen-bond acceptors (Lipinski definition) is 4. The molecule has 0 aromatic carbocycles. The molecule has 0 aliphatic rings. The van der Waals surface area contributed by atoms with Crippen LogP contribution in [0.1, 0.15) is 10.4 Å². The van der Waals surface area contributed by atoms with Gasteiger partial charge in [0.05, 0.1) is 26.9 Å². The van der Waals surface area contributed by atoms with Crippen molar-refractivity contribution < 1.29 is 0 Å². The number of thiophene rings is 1. The molecule has 0 aliphatic carbocycles. The van der Waals surface area contributed by atoms with Crippen molar-refractivity contribution in [2.75, 3.05) is 0 Å². The van der Waals surface area contributed by atoms with E-state index in [1.165, 1.54) is 17.7 Å². The SMILES string of the molecule is Clc1ncnc2cc(C#Cc3cn[nH]c3)sc12. The minimum absolute atomic E-state index is 0.469. The zero-order valence-corrected chi connectivity index (χ0v) is 10.0. The number of aromatic nitrogens is 4. The molecule has 0 saturated carbocycles. The van der Waals surface area contributed by atoms with E-state index in [1.807, 2.05) is 6.07 Å². The van der Waals surface area contributed by atoms with Crippen LogP contribution in [0.3, 0.4) is 0 Å². The van der Waals surface area contributed by atoms with Crippen molar-refractivity contribution in [2.45, 2.75) is 0 Å². The molecule has 1 N–H and O–H groups in total. The topological polar surface area (TPSA) is 54.5 Å². The second-order valence-corrected chi connectivity index (χ2v) is 4.64. The van der Waals surface area contributed by atoms with Crippen molar-refractivity contribution in [1.29, 1.82) is 0 Å². The fraction of sp³-hybridized carbons (Fsp3) is 0. The van der Waals surface area contributed by atoms with Crippen molar-refractivity contribution in [3.8, 4) is 11.8 Å². The number of rotatable bonds is 0. The lowest BCUT2D eigenvalue weighted by Crippen LogP contribution is -1.76. The number of H-pyrrole nitrogens is 1. The van der Waals surface area contributed by atoms with E-state index in [9.17, 15) is 0 Å². The van der Waals surface area contributed by atoms with Crippen LogP contribution < -0.4 is 0 Å². The molecule has 6 heteroatoms. The second-order valence-electron chi connectivity index (χ2n) is 3.23. The summed E-state index contributed by atoms with van der Waals surface area (Å²) >= 11 is 7.45. The molecule has 0 spiro atoms. The summed E-state index contributed by atoms with van der Waals surface area (Å²) in [5.74, 6) is 6.04. The zero-order valence-electron chi connectivity index (χ0n) is 8.44. The first-order chi connectivity index (χ1) is 8.33. The molecule has 0 aliphatic heterocycles. The number of hydrogen-bond donors (Lipinski definition) is 1. The number of fused-ring (bicyclic) bond motifs is 1. The molecule has 0 unspecified atom stereocenters. The van der Waals surface area contributed by atoms with Crippen LogP contribution in [-0.4, -0.2) is 20.2 Å². The maximum atomic E-state index is 5.97. The van der Waals surface area contributed by atoms with Crippen LogP contribution >= 0.6 is 22.9 Å². The number of nitrogens with zero attached hydrogens (tertiary/aromatic N) is 3. The standard InChI is InChI=1S/C11H5ClN4S/c12-11-10-9(13-6-14-11)3-8(17-10)2-1-7-4-15-16-5-7/h3-6H,(H,15,16). The lowest BCUT2D eigenvalue weighted by atomic mass is 10.3. The minimum atomic E-state index is 0.469. The minimum Gasteiger partial charge on any atom is -0.284 e. The lowest BCUT2D eigenvalue weighted by Gasteiger charge is -1.87. The highest BCUT2D eigenvalue weighted by atomic mass is 35.5. The summed E-state index contributed by atoms with van der Waals surface area (Å²) in [6, 6.07) is 1.90. The molecule has 4 nitrogen and oxygen atoms in total. The van der Waals surface area contributed by atoms with Crippen molar-refractivity contribution in [2.24, 2.45) is 0 Å². The molecule has 0 bridgehead atoms. The summed E-state index contributed by atoms with van der Waals surface area (Å²) in [5.41, 5.74) is 1.67. The highest BCUT2D eigenvalue weighted by Crippen LogP contribution is 2.28. The van der Waals surface area contributed by atoms with Crippen LogP contribution in [0.5, 0.6) is 0 Å². The summed E-state index contributed by atoms with van der Waals surface area (Å²) in [7, 11) is 0. The first kappa shape index (κ1) is 10.3. The van der Waals surface area contributed by atoms with Gasteiger partial charge in [0.25, 0.3) is 0 Å². The van der Waals surface area contributed by atoms with E-state index in [2.05, 4.69) is 32.0 Å². The zero-order chi connectivity index (χ0) is 11.7. The third-order valence-corrected chi connectivity index (χ3v) is 3.54. The van der Waals surface area contributed by atoms with Gasteiger partial charge in [-0.2, -0.15) is 5.10 Å². The molecule has 3 heterocycles. The fourth-order valence-corrected chi connectivity index (χ4v) is 2.44. The Balaban J connectivity index is 2.05. The van der Waals surface area contributed by atoms with E-state index >= 15 is 0 Å². The van der Waals surface area contributed by atoms with E-state index in [-0.39, 0.29) is 0 Å². The lowest BCUT2D eigenvalue weighted by molar-refractivity contribution is 1.09. The molecule has 0 amide bonds. The molecule has 0 fully saturated rings. The van der Waals surface area contributed by atoms with Gasteiger partial charge in [0.1, 0.15) is 11.5 Å². The van der Waals surface area contributed by atoms with Crippen LogP contribution in [0.2, 0.25) is 5.15 Å². The Kier molecular flexibility index (Phi) is 2.52. The van der Waals surface area contributed by atoms with Crippen molar-refractivity contribution >= 4 is 33.2 Å². The van der Waals surface area contributed by atoms with Crippen LogP contribution in [0.4, 0.5) is 0 Å². The highest BCUT2D eigenvalue weighted by Gasteiger charge is 2.05. The summed E-state index contributed by atoms with van der Waals surface area (Å²) in [4.78, 5) is 8.97. The second kappa shape index (κ2) is 4.17. The van der Waals surface area contributed by atoms with Gasteiger partial charge in [0.15, 0.2) is 0 Å². The highest BCUT2D eigenvalue weighted by molar-refractivity contribution is 7.20. The predicted molar refractivity (Wildman–Crippen MR) is 67.0 cm³/mol. The van der Waals surface area contributed by atoms with Gasteiger partial charge in [-0.1, -0.05) is 23.4 Å². The molecular weight excluding hydrogens is 256 g/mol. The molecule has 0 radical (unpaired) electrons. The Labute approximate surface area is 106 Å². The van der Waals surface area contributed by atoms with E-state index < -0.39 is 0 Å². The Bertz CT molecular complexity index is 721. The van der Waals surface area contributed by atoms with Gasteiger partial charge in [0.2, 0.25) is 0 Å². The third kappa shape index (κ3) is 2.00. The first-order valence-corrected chi connectivity index (χ1v) is 5.93. The van der Waals surface area contributed by atoms with E-state index in [4.69, 9.17) is 11.6 Å². The van der Waals surface area contributed by atoms with Crippen LogP contribution in [0, 0.1) is 11.8 Å². The van der Waals surface area contributed by atoms with Crippen LogP contribution in [0.25, 0.3) is 10.2 Å². The molecular formula is C11H5ClN4S. The quantitative estimate of drug-likeness (QED) is 0.499. The van der Waals surface area contributed by atoms with Crippen LogP contribution in [-0.2, 0) is 0 Å². The van der Waals surface area contributed by atoms with Crippen molar-refractivity contribution in [3.05, 3.63) is 40.4 Å². The van der Waals surface area contributed by atoms with Gasteiger partial charge < -0.3 is 0 Å². The Morgan fingerprint density at radius 2 is 2.24 bits per heavy atom. The first-order valence-electron chi connectivity index (χ1n) is 4.74. The molecule has 17 heavy (non-hydrogen) atoms. The molecule has 3 rings (SSSR count). The summed E-state index contributed by atoms with van der Waals surface area (Å²) in [6.07, 6.45) is 4.87. The fourth-order valence-electron chi connectivity index (χ4n) is 1.34. The smallest absolute Gasteiger partial charge is 0.150 e. The number of aromatic amines is 1. The van der Waals surface area contributed by atoms with Gasteiger partial charge in [-0.05, 0) is 6.07 Å². The molecule has 0 saturated heterocycles. The van der Waals surface area contributed by atoms with Gasteiger partial charge in [-0.25, -0.2) is 9.97 Å². The van der Waals surface area contributed by atoms with Gasteiger partial charge in [0, 0.05) is 6.20 Å². The summed E-state index contributed by atoms with van der Waals surface area (Å²) in [6.45, 7) is 0. The third-order valence-electron chi connectivity index (χ3n) is 2.10. The van der Waals surface area contributed by atoms with Gasteiger partial charge in [-0.15, -0.1) is 11.3 Å². The average Bonchev–Trinajstić information content (AvgIpc) is 2.95. The average molecular weight is 261 g/mol. The summed E-state index contributed by atoms with van der Waals surface area (Å²) in [5, 5.41) is 7.00. The maximum absolute atomic E-state index is 5.97. The largest absolute Gasteiger partial charge is 0.284 e. The number of nitrogens with one attached hydrogen (secondary N) is 1. The Morgan fingerprint density at radius 1 is 1.29 bits per heavy atom. The monoisotopic (exact) mass is 260 g/mol. The van der Waals surface area contributed by atoms with E-state index in [0.717, 1.165) is 20.7 Å². The maximum Gasteiger partial charge on any atom is 0.150 e. The van der Waals surface area contributed by atoms with E-state index in [0.29, 0.717) is 5.15 Å².